The normalized spacial score (nSPS) is 17.8. The molecule has 1 aliphatic rings. The van der Waals surface area contributed by atoms with E-state index >= 15 is 0 Å². The summed E-state index contributed by atoms with van der Waals surface area (Å²) in [6, 6.07) is 8.69. The highest BCUT2D eigenvalue weighted by atomic mass is 32.1. The van der Waals surface area contributed by atoms with Crippen LogP contribution in [0.1, 0.15) is 41.0 Å². The van der Waals surface area contributed by atoms with Gasteiger partial charge >= 0.3 is 0 Å². The van der Waals surface area contributed by atoms with E-state index in [1.54, 1.807) is 0 Å². The number of nitrogens with zero attached hydrogens (tertiary/aromatic N) is 1. The van der Waals surface area contributed by atoms with Crippen molar-refractivity contribution in [3.8, 4) is 0 Å². The van der Waals surface area contributed by atoms with E-state index in [1.807, 2.05) is 43.4 Å². The molecule has 0 saturated carbocycles. The van der Waals surface area contributed by atoms with Gasteiger partial charge in [-0.1, -0.05) is 25.1 Å². The number of carbonyl (C=O) groups excluding carboxylic acids is 1. The Balaban J connectivity index is 1.71. The van der Waals surface area contributed by atoms with E-state index in [1.165, 1.54) is 10.4 Å². The van der Waals surface area contributed by atoms with Crippen LogP contribution >= 0.6 is 11.3 Å². The summed E-state index contributed by atoms with van der Waals surface area (Å²) < 4.78 is 0. The first-order valence-electron chi connectivity index (χ1n) is 8.26. The third-order valence-electron chi connectivity index (χ3n) is 4.68. The van der Waals surface area contributed by atoms with E-state index in [0.717, 1.165) is 36.2 Å². The first kappa shape index (κ1) is 16.2. The monoisotopic (exact) mass is 328 g/mol. The number of amides is 1. The maximum atomic E-state index is 12.5. The van der Waals surface area contributed by atoms with Crippen molar-refractivity contribution in [1.82, 2.24) is 4.90 Å². The Morgan fingerprint density at radius 1 is 1.30 bits per heavy atom. The van der Waals surface area contributed by atoms with Gasteiger partial charge in [0.1, 0.15) is 0 Å². The lowest BCUT2D eigenvalue weighted by atomic mass is 9.98. The maximum Gasteiger partial charge on any atom is 0.238 e. The van der Waals surface area contributed by atoms with Crippen LogP contribution in [0.4, 0.5) is 5.69 Å². The highest BCUT2D eigenvalue weighted by Gasteiger charge is 2.28. The van der Waals surface area contributed by atoms with Crippen molar-refractivity contribution in [3.05, 3.63) is 51.2 Å². The van der Waals surface area contributed by atoms with E-state index in [9.17, 15) is 4.79 Å². The third-order valence-corrected chi connectivity index (χ3v) is 5.68. The lowest BCUT2D eigenvalue weighted by Gasteiger charge is -2.34. The van der Waals surface area contributed by atoms with Crippen molar-refractivity contribution < 1.29 is 4.79 Å². The van der Waals surface area contributed by atoms with Crippen molar-refractivity contribution in [2.45, 2.75) is 39.7 Å². The van der Waals surface area contributed by atoms with Gasteiger partial charge in [-0.2, -0.15) is 0 Å². The molecule has 23 heavy (non-hydrogen) atoms. The van der Waals surface area contributed by atoms with Crippen LogP contribution in [0.5, 0.6) is 0 Å². The molecule has 0 radical (unpaired) electrons. The van der Waals surface area contributed by atoms with Crippen LogP contribution in [-0.2, 0) is 11.2 Å². The number of carbonyl (C=O) groups is 1. The van der Waals surface area contributed by atoms with E-state index in [2.05, 4.69) is 28.6 Å². The molecule has 2 heterocycles. The molecule has 3 nitrogen and oxygen atoms in total. The summed E-state index contributed by atoms with van der Waals surface area (Å²) >= 11 is 1.84. The van der Waals surface area contributed by atoms with Crippen molar-refractivity contribution >= 4 is 22.9 Å². The van der Waals surface area contributed by atoms with Crippen LogP contribution < -0.4 is 5.32 Å². The van der Waals surface area contributed by atoms with Gasteiger partial charge in [0.25, 0.3) is 0 Å². The predicted octanol–water partition coefficient (Wildman–Crippen LogP) is 4.31. The molecule has 1 atom stereocenters. The minimum atomic E-state index is 0.0829. The molecule has 0 saturated heterocycles. The van der Waals surface area contributed by atoms with Crippen molar-refractivity contribution in [3.63, 3.8) is 0 Å². The van der Waals surface area contributed by atoms with Crippen LogP contribution in [0, 0.1) is 13.8 Å². The van der Waals surface area contributed by atoms with Crippen molar-refractivity contribution in [1.29, 1.82) is 0 Å². The first-order valence-corrected chi connectivity index (χ1v) is 9.14. The molecule has 2 aromatic rings. The highest BCUT2D eigenvalue weighted by molar-refractivity contribution is 7.10. The summed E-state index contributed by atoms with van der Waals surface area (Å²) in [4.78, 5) is 16.4. The number of rotatable bonds is 4. The summed E-state index contributed by atoms with van der Waals surface area (Å²) in [7, 11) is 0. The summed E-state index contributed by atoms with van der Waals surface area (Å²) in [6.45, 7) is 7.70. The summed E-state index contributed by atoms with van der Waals surface area (Å²) in [6.07, 6.45) is 2.10. The fourth-order valence-electron chi connectivity index (χ4n) is 3.49. The van der Waals surface area contributed by atoms with E-state index in [0.29, 0.717) is 12.6 Å². The van der Waals surface area contributed by atoms with Gasteiger partial charge in [-0.3, -0.25) is 9.69 Å². The van der Waals surface area contributed by atoms with Gasteiger partial charge < -0.3 is 5.32 Å². The zero-order chi connectivity index (χ0) is 16.4. The molecule has 1 aliphatic heterocycles. The molecule has 122 valence electrons. The molecule has 1 N–H and O–H groups in total. The fourth-order valence-corrected chi connectivity index (χ4v) is 4.42. The minimum Gasteiger partial charge on any atom is -0.324 e. The highest BCUT2D eigenvalue weighted by Crippen LogP contribution is 2.35. The van der Waals surface area contributed by atoms with Crippen molar-refractivity contribution in [2.24, 2.45) is 0 Å². The molecule has 1 amide bonds. The molecule has 1 aromatic heterocycles. The molecule has 1 aromatic carbocycles. The minimum absolute atomic E-state index is 0.0829. The maximum absolute atomic E-state index is 12.5. The largest absolute Gasteiger partial charge is 0.324 e. The Kier molecular flexibility index (Phi) is 4.83. The topological polar surface area (TPSA) is 32.3 Å². The van der Waals surface area contributed by atoms with Crippen LogP contribution in [0.25, 0.3) is 0 Å². The average molecular weight is 328 g/mol. The van der Waals surface area contributed by atoms with Gasteiger partial charge in [0.15, 0.2) is 0 Å². The number of hydrogen-bond acceptors (Lipinski definition) is 3. The zero-order valence-electron chi connectivity index (χ0n) is 14.1. The van der Waals surface area contributed by atoms with Gasteiger partial charge in [0.2, 0.25) is 5.91 Å². The SMILES string of the molecule is CCC1c2ccsc2CCN1CC(=O)Nc1c(C)cccc1C. The zero-order valence-corrected chi connectivity index (χ0v) is 14.9. The second kappa shape index (κ2) is 6.85. The Morgan fingerprint density at radius 2 is 2.04 bits per heavy atom. The van der Waals surface area contributed by atoms with E-state index < -0.39 is 0 Å². The number of thiophene rings is 1. The molecule has 4 heteroatoms. The van der Waals surface area contributed by atoms with Crippen LogP contribution in [0.2, 0.25) is 0 Å². The summed E-state index contributed by atoms with van der Waals surface area (Å²) in [5.74, 6) is 0.0829. The lowest BCUT2D eigenvalue weighted by Crippen LogP contribution is -2.40. The molecular formula is C19H24N2OS. The number of benzene rings is 1. The molecular weight excluding hydrogens is 304 g/mol. The fraction of sp³-hybridized carbons (Fsp3) is 0.421. The first-order chi connectivity index (χ1) is 11.1. The van der Waals surface area contributed by atoms with Gasteiger partial charge in [-0.15, -0.1) is 11.3 Å². The van der Waals surface area contributed by atoms with Crippen LogP contribution in [0.3, 0.4) is 0 Å². The van der Waals surface area contributed by atoms with Crippen LogP contribution in [-0.4, -0.2) is 23.9 Å². The van der Waals surface area contributed by atoms with Gasteiger partial charge in [0.05, 0.1) is 6.54 Å². The Hall–Kier alpha value is -1.65. The number of para-hydroxylation sites is 1. The van der Waals surface area contributed by atoms with Crippen molar-refractivity contribution in [2.75, 3.05) is 18.4 Å². The molecule has 0 bridgehead atoms. The summed E-state index contributed by atoms with van der Waals surface area (Å²) in [5.41, 5.74) is 4.61. The molecule has 3 rings (SSSR count). The Morgan fingerprint density at radius 3 is 2.74 bits per heavy atom. The average Bonchev–Trinajstić information content (AvgIpc) is 2.99. The van der Waals surface area contributed by atoms with Gasteiger partial charge in [0, 0.05) is 23.2 Å². The third kappa shape index (κ3) is 3.33. The van der Waals surface area contributed by atoms with Gasteiger partial charge in [-0.25, -0.2) is 0 Å². The summed E-state index contributed by atoms with van der Waals surface area (Å²) in [5, 5.41) is 5.28. The molecule has 1 unspecified atom stereocenters. The molecule has 0 spiro atoms. The Bertz CT molecular complexity index is 687. The molecule has 0 fully saturated rings. The number of fused-ring (bicyclic) bond motifs is 1. The Labute approximate surface area is 142 Å². The lowest BCUT2D eigenvalue weighted by molar-refractivity contribution is -0.118. The predicted molar refractivity (Wildman–Crippen MR) is 97.2 cm³/mol. The standard InChI is InChI=1S/C19H24N2OS/c1-4-16-15-9-11-23-17(15)8-10-21(16)12-18(22)20-19-13(2)6-5-7-14(19)3/h5-7,9,11,16H,4,8,10,12H2,1-3H3,(H,20,22). The molecule has 0 aliphatic carbocycles. The van der Waals surface area contributed by atoms with E-state index in [-0.39, 0.29) is 5.91 Å². The van der Waals surface area contributed by atoms with Gasteiger partial charge in [-0.05, 0) is 54.8 Å². The van der Waals surface area contributed by atoms with E-state index in [4.69, 9.17) is 0 Å². The second-order valence-corrected chi connectivity index (χ2v) is 7.26. The quantitative estimate of drug-likeness (QED) is 0.907. The number of aryl methyl sites for hydroxylation is 2. The van der Waals surface area contributed by atoms with Crippen LogP contribution in [0.15, 0.2) is 29.6 Å². The smallest absolute Gasteiger partial charge is 0.238 e. The number of anilines is 1. The second-order valence-electron chi connectivity index (χ2n) is 6.26. The number of hydrogen-bond donors (Lipinski definition) is 1. The number of nitrogens with one attached hydrogen (secondary N) is 1.